The molecule has 2 heterocycles. The molecule has 2 unspecified atom stereocenters. The third-order valence-electron chi connectivity index (χ3n) is 5.88. The van der Waals surface area contributed by atoms with Gasteiger partial charge in [0.25, 0.3) is 0 Å². The van der Waals surface area contributed by atoms with Gasteiger partial charge in [-0.25, -0.2) is 4.39 Å². The minimum Gasteiger partial charge on any atom is -0.486 e. The lowest BCUT2D eigenvalue weighted by atomic mass is 9.87. The van der Waals surface area contributed by atoms with Gasteiger partial charge in [0.15, 0.2) is 17.3 Å². The Morgan fingerprint density at radius 3 is 2.46 bits per heavy atom. The van der Waals surface area contributed by atoms with Crippen molar-refractivity contribution in [3.05, 3.63) is 59.9 Å². The third-order valence-corrected chi connectivity index (χ3v) is 5.88. The van der Waals surface area contributed by atoms with Crippen molar-refractivity contribution in [1.82, 2.24) is 4.90 Å². The number of ether oxygens (including phenoxy) is 2. The van der Waals surface area contributed by atoms with E-state index in [2.05, 4.69) is 11.8 Å². The van der Waals surface area contributed by atoms with Crippen LogP contribution in [-0.4, -0.2) is 42.5 Å². The van der Waals surface area contributed by atoms with Gasteiger partial charge < -0.3 is 9.47 Å². The first kappa shape index (κ1) is 18.9. The van der Waals surface area contributed by atoms with Gasteiger partial charge in [0.2, 0.25) is 0 Å². The number of Topliss-reactive ketones (excluding diaryl/α,β-unsaturated/α-hetero) is 1. The molecular weight excluding hydrogens is 357 g/mol. The second-order valence-electron chi connectivity index (χ2n) is 7.57. The molecule has 0 saturated carbocycles. The van der Waals surface area contributed by atoms with Crippen molar-refractivity contribution >= 4 is 5.78 Å². The lowest BCUT2D eigenvalue weighted by molar-refractivity contribution is 0.000317. The van der Waals surface area contributed by atoms with Gasteiger partial charge in [-0.3, -0.25) is 9.69 Å². The lowest BCUT2D eigenvalue weighted by Gasteiger charge is -2.41. The molecule has 0 aromatic heterocycles. The number of carbonyl (C=O) groups excluding carboxylic acids is 1. The summed E-state index contributed by atoms with van der Waals surface area (Å²) in [4.78, 5) is 15.1. The van der Waals surface area contributed by atoms with Gasteiger partial charge in [-0.05, 0) is 68.8 Å². The van der Waals surface area contributed by atoms with E-state index in [9.17, 15) is 9.18 Å². The van der Waals surface area contributed by atoms with Crippen LogP contribution in [0.25, 0.3) is 0 Å². The first-order valence-electron chi connectivity index (χ1n) is 10.1. The summed E-state index contributed by atoms with van der Waals surface area (Å²) in [6, 6.07) is 13.9. The van der Waals surface area contributed by atoms with Crippen LogP contribution in [0.2, 0.25) is 0 Å². The summed E-state index contributed by atoms with van der Waals surface area (Å²) in [6.07, 6.45) is 2.59. The number of fused-ring (bicyclic) bond motifs is 1. The monoisotopic (exact) mass is 383 g/mol. The smallest absolute Gasteiger partial charge is 0.166 e. The fourth-order valence-corrected chi connectivity index (χ4v) is 4.32. The number of piperidine rings is 1. The molecule has 4 nitrogen and oxygen atoms in total. The van der Waals surface area contributed by atoms with Crippen molar-refractivity contribution < 1.29 is 18.7 Å². The molecule has 0 N–H and O–H groups in total. The van der Waals surface area contributed by atoms with Gasteiger partial charge in [-0.2, -0.15) is 0 Å². The maximum absolute atomic E-state index is 13.1. The van der Waals surface area contributed by atoms with Crippen molar-refractivity contribution in [2.24, 2.45) is 5.92 Å². The number of nitrogens with zero attached hydrogens (tertiary/aromatic N) is 1. The zero-order valence-corrected chi connectivity index (χ0v) is 16.1. The van der Waals surface area contributed by atoms with Crippen LogP contribution >= 0.6 is 0 Å². The van der Waals surface area contributed by atoms with Crippen LogP contribution < -0.4 is 9.47 Å². The Bertz CT molecular complexity index is 815. The van der Waals surface area contributed by atoms with Crippen LogP contribution in [0.3, 0.4) is 0 Å². The van der Waals surface area contributed by atoms with E-state index in [4.69, 9.17) is 9.47 Å². The molecule has 1 fully saturated rings. The summed E-state index contributed by atoms with van der Waals surface area (Å²) in [6.45, 7) is 4.43. The molecule has 0 bridgehead atoms. The number of para-hydroxylation sites is 2. The first-order chi connectivity index (χ1) is 13.7. The lowest BCUT2D eigenvalue weighted by Crippen LogP contribution is -2.52. The predicted octanol–water partition coefficient (Wildman–Crippen LogP) is 4.34. The van der Waals surface area contributed by atoms with Gasteiger partial charge >= 0.3 is 0 Å². The highest BCUT2D eigenvalue weighted by Crippen LogP contribution is 2.34. The number of carbonyl (C=O) groups is 1. The van der Waals surface area contributed by atoms with Crippen molar-refractivity contribution in [2.45, 2.75) is 38.3 Å². The first-order valence-corrected chi connectivity index (χ1v) is 10.1. The number of rotatable bonds is 5. The van der Waals surface area contributed by atoms with E-state index in [-0.39, 0.29) is 29.7 Å². The van der Waals surface area contributed by atoms with Crippen molar-refractivity contribution in [3.8, 4) is 11.5 Å². The number of hydrogen-bond acceptors (Lipinski definition) is 4. The minimum atomic E-state index is -0.312. The van der Waals surface area contributed by atoms with E-state index in [1.165, 1.54) is 12.1 Å². The molecule has 2 atom stereocenters. The Hall–Kier alpha value is -2.40. The molecule has 0 spiro atoms. The van der Waals surface area contributed by atoms with Crippen molar-refractivity contribution in [1.29, 1.82) is 0 Å². The van der Waals surface area contributed by atoms with E-state index in [1.54, 1.807) is 12.1 Å². The molecular formula is C23H26FNO3. The zero-order valence-electron chi connectivity index (χ0n) is 16.1. The molecule has 4 rings (SSSR count). The van der Waals surface area contributed by atoms with Gasteiger partial charge in [0.1, 0.15) is 18.5 Å². The quantitative estimate of drug-likeness (QED) is 0.720. The fraction of sp³-hybridized carbons (Fsp3) is 0.435. The molecule has 2 aromatic carbocycles. The number of benzene rings is 2. The second kappa shape index (κ2) is 8.31. The van der Waals surface area contributed by atoms with Crippen LogP contribution in [0.15, 0.2) is 48.5 Å². The van der Waals surface area contributed by atoms with Crippen LogP contribution in [0.5, 0.6) is 11.5 Å². The highest BCUT2D eigenvalue weighted by Gasteiger charge is 2.35. The van der Waals surface area contributed by atoms with Crippen LogP contribution in [-0.2, 0) is 0 Å². The summed E-state index contributed by atoms with van der Waals surface area (Å²) in [5.41, 5.74) is 0.604. The van der Waals surface area contributed by atoms with Crippen molar-refractivity contribution in [2.75, 3.05) is 19.7 Å². The highest BCUT2D eigenvalue weighted by molar-refractivity contribution is 5.97. The van der Waals surface area contributed by atoms with Gasteiger partial charge in [0.05, 0.1) is 0 Å². The summed E-state index contributed by atoms with van der Waals surface area (Å²) < 4.78 is 25.2. The molecule has 2 aliphatic heterocycles. The molecule has 148 valence electrons. The third kappa shape index (κ3) is 3.90. The fourth-order valence-electron chi connectivity index (χ4n) is 4.32. The number of likely N-dealkylation sites (tertiary alicyclic amines) is 1. The normalized spacial score (nSPS) is 21.3. The average Bonchev–Trinajstić information content (AvgIpc) is 2.75. The maximum Gasteiger partial charge on any atom is 0.166 e. The topological polar surface area (TPSA) is 38.8 Å². The summed E-state index contributed by atoms with van der Waals surface area (Å²) in [7, 11) is 0. The van der Waals surface area contributed by atoms with E-state index >= 15 is 0 Å². The van der Waals surface area contributed by atoms with Gasteiger partial charge in [-0.1, -0.05) is 19.1 Å². The molecule has 5 heteroatoms. The average molecular weight is 383 g/mol. The molecule has 0 aliphatic carbocycles. The maximum atomic E-state index is 13.1. The Labute approximate surface area is 165 Å². The Balaban J connectivity index is 1.37. The number of hydrogen-bond donors (Lipinski definition) is 0. The van der Waals surface area contributed by atoms with E-state index in [1.807, 2.05) is 24.3 Å². The molecule has 0 radical (unpaired) electrons. The second-order valence-corrected chi connectivity index (χ2v) is 7.57. The van der Waals surface area contributed by atoms with Crippen LogP contribution in [0.1, 0.15) is 36.5 Å². The molecule has 2 aliphatic rings. The highest BCUT2D eigenvalue weighted by atomic mass is 19.1. The van der Waals surface area contributed by atoms with Gasteiger partial charge in [0, 0.05) is 17.5 Å². The largest absolute Gasteiger partial charge is 0.486 e. The minimum absolute atomic E-state index is 0.00321. The van der Waals surface area contributed by atoms with Crippen LogP contribution in [0.4, 0.5) is 4.39 Å². The molecule has 0 amide bonds. The predicted molar refractivity (Wildman–Crippen MR) is 105 cm³/mol. The van der Waals surface area contributed by atoms with Crippen LogP contribution in [0, 0.1) is 11.7 Å². The molecule has 2 aromatic rings. The summed E-state index contributed by atoms with van der Waals surface area (Å²) in [5, 5.41) is 0. The standard InChI is InChI=1S/C23H26FNO3/c1-2-19(22-15-27-20-5-3-4-6-21(20)28-22)25-13-11-17(12-14-25)23(26)16-7-9-18(24)10-8-16/h3-10,17,19,22H,2,11-15H2,1H3. The summed E-state index contributed by atoms with van der Waals surface area (Å²) >= 11 is 0. The molecule has 28 heavy (non-hydrogen) atoms. The van der Waals surface area contributed by atoms with E-state index < -0.39 is 0 Å². The number of halogens is 1. The summed E-state index contributed by atoms with van der Waals surface area (Å²) in [5.74, 6) is 1.42. The SMILES string of the molecule is CCC(C1COc2ccccc2O1)N1CCC(C(=O)c2ccc(F)cc2)CC1. The Kier molecular flexibility index (Phi) is 5.62. The Morgan fingerprint density at radius 1 is 1.11 bits per heavy atom. The Morgan fingerprint density at radius 2 is 1.79 bits per heavy atom. The zero-order chi connectivity index (χ0) is 19.5. The van der Waals surface area contributed by atoms with E-state index in [0.29, 0.717) is 12.2 Å². The molecule has 1 saturated heterocycles. The van der Waals surface area contributed by atoms with E-state index in [0.717, 1.165) is 43.9 Å². The number of ketones is 1. The van der Waals surface area contributed by atoms with Crippen molar-refractivity contribution in [3.63, 3.8) is 0 Å². The van der Waals surface area contributed by atoms with Gasteiger partial charge in [-0.15, -0.1) is 0 Å².